The van der Waals surface area contributed by atoms with Crippen molar-refractivity contribution in [2.24, 2.45) is 0 Å². The molecule has 0 radical (unpaired) electrons. The molecule has 0 unspecified atom stereocenters. The maximum atomic E-state index is 14.1. The molecule has 0 aliphatic carbocycles. The molecule has 1 N–H and O–H groups in total. The van der Waals surface area contributed by atoms with Crippen molar-refractivity contribution < 1.29 is 18.0 Å². The van der Waals surface area contributed by atoms with E-state index in [2.05, 4.69) is 5.32 Å². The Balaban J connectivity index is 2.09. The second-order valence-corrected chi connectivity index (χ2v) is 12.7. The van der Waals surface area contributed by atoms with Crippen molar-refractivity contribution in [2.45, 2.75) is 57.6 Å². The minimum absolute atomic E-state index is 0.00756. The molecule has 0 saturated heterocycles. The van der Waals surface area contributed by atoms with Gasteiger partial charge in [0.05, 0.1) is 20.6 Å². The molecule has 0 heterocycles. The lowest BCUT2D eigenvalue weighted by molar-refractivity contribution is -0.140. The second-order valence-electron chi connectivity index (χ2n) is 9.62. The van der Waals surface area contributed by atoms with Gasteiger partial charge < -0.3 is 10.2 Å². The van der Waals surface area contributed by atoms with Crippen LogP contribution in [-0.4, -0.2) is 43.8 Å². The fraction of sp³-hybridized carbons (Fsp3) is 0.310. The van der Waals surface area contributed by atoms with Gasteiger partial charge in [-0.15, -0.1) is 0 Å². The average Bonchev–Trinajstić information content (AvgIpc) is 2.90. The number of hydrogen-bond donors (Lipinski definition) is 1. The number of benzene rings is 3. The summed E-state index contributed by atoms with van der Waals surface area (Å²) in [6.07, 6.45) is 0.299. The van der Waals surface area contributed by atoms with Gasteiger partial charge in [-0.25, -0.2) is 8.42 Å². The Morgan fingerprint density at radius 3 is 2.15 bits per heavy atom. The summed E-state index contributed by atoms with van der Waals surface area (Å²) >= 11 is 18.7. The highest BCUT2D eigenvalue weighted by molar-refractivity contribution is 7.92. The van der Waals surface area contributed by atoms with Gasteiger partial charge in [-0.05, 0) is 74.7 Å². The van der Waals surface area contributed by atoms with Gasteiger partial charge in [0.2, 0.25) is 11.8 Å². The molecule has 3 aromatic carbocycles. The SMILES string of the molecule is CC[C@@H](C(=O)NC(C)C)N(Cc1ccc(Cl)c(Cl)c1)C(=O)CN(c1ccc(C)c(Cl)c1)S(=O)(=O)c1ccccc1. The van der Waals surface area contributed by atoms with Crippen LogP contribution in [0.25, 0.3) is 0 Å². The van der Waals surface area contributed by atoms with Crippen molar-refractivity contribution in [1.82, 2.24) is 10.2 Å². The molecule has 7 nitrogen and oxygen atoms in total. The van der Waals surface area contributed by atoms with E-state index in [1.165, 1.54) is 23.1 Å². The number of sulfonamides is 1. The molecule has 3 aromatic rings. The van der Waals surface area contributed by atoms with Crippen LogP contribution in [0.4, 0.5) is 5.69 Å². The predicted molar refractivity (Wildman–Crippen MR) is 162 cm³/mol. The first-order valence-corrected chi connectivity index (χ1v) is 15.3. The molecule has 0 fully saturated rings. The summed E-state index contributed by atoms with van der Waals surface area (Å²) in [6.45, 7) is 6.68. The fourth-order valence-electron chi connectivity index (χ4n) is 4.12. The van der Waals surface area contributed by atoms with Gasteiger partial charge >= 0.3 is 0 Å². The van der Waals surface area contributed by atoms with Crippen LogP contribution in [0.1, 0.15) is 38.3 Å². The zero-order chi connectivity index (χ0) is 29.6. The van der Waals surface area contributed by atoms with E-state index in [1.807, 2.05) is 13.8 Å². The van der Waals surface area contributed by atoms with Crippen LogP contribution in [-0.2, 0) is 26.2 Å². The molecular formula is C29H32Cl3N3O4S. The van der Waals surface area contributed by atoms with Gasteiger partial charge in [-0.3, -0.25) is 13.9 Å². The zero-order valence-electron chi connectivity index (χ0n) is 22.7. The van der Waals surface area contributed by atoms with Gasteiger partial charge in [-0.1, -0.05) is 72.1 Å². The Labute approximate surface area is 251 Å². The molecule has 0 saturated carbocycles. The van der Waals surface area contributed by atoms with E-state index < -0.39 is 28.5 Å². The highest BCUT2D eigenvalue weighted by Crippen LogP contribution is 2.29. The van der Waals surface area contributed by atoms with Crippen LogP contribution in [0.2, 0.25) is 15.1 Å². The van der Waals surface area contributed by atoms with Crippen LogP contribution in [0.5, 0.6) is 0 Å². The smallest absolute Gasteiger partial charge is 0.264 e. The van der Waals surface area contributed by atoms with E-state index in [-0.39, 0.29) is 29.1 Å². The van der Waals surface area contributed by atoms with Crippen molar-refractivity contribution in [3.05, 3.63) is 92.9 Å². The lowest BCUT2D eigenvalue weighted by Crippen LogP contribution is -2.53. The van der Waals surface area contributed by atoms with E-state index in [1.54, 1.807) is 62.4 Å². The van der Waals surface area contributed by atoms with E-state index in [4.69, 9.17) is 34.8 Å². The van der Waals surface area contributed by atoms with Gasteiger partial charge in [0, 0.05) is 17.6 Å². The van der Waals surface area contributed by atoms with E-state index in [9.17, 15) is 18.0 Å². The van der Waals surface area contributed by atoms with Crippen molar-refractivity contribution in [1.29, 1.82) is 0 Å². The maximum absolute atomic E-state index is 14.1. The first-order valence-electron chi connectivity index (χ1n) is 12.7. The lowest BCUT2D eigenvalue weighted by Gasteiger charge is -2.33. The van der Waals surface area contributed by atoms with Crippen molar-refractivity contribution >= 4 is 62.3 Å². The number of nitrogens with zero attached hydrogens (tertiary/aromatic N) is 2. The maximum Gasteiger partial charge on any atom is 0.264 e. The average molecular weight is 625 g/mol. The van der Waals surface area contributed by atoms with Crippen molar-refractivity contribution in [2.75, 3.05) is 10.8 Å². The number of hydrogen-bond acceptors (Lipinski definition) is 4. The summed E-state index contributed by atoms with van der Waals surface area (Å²) in [5, 5.41) is 3.87. The lowest BCUT2D eigenvalue weighted by atomic mass is 10.1. The normalized spacial score (nSPS) is 12.2. The molecular weight excluding hydrogens is 593 g/mol. The number of anilines is 1. The first-order chi connectivity index (χ1) is 18.8. The molecule has 0 aliphatic rings. The van der Waals surface area contributed by atoms with Crippen LogP contribution < -0.4 is 9.62 Å². The molecule has 1 atom stereocenters. The number of halogens is 3. The predicted octanol–water partition coefficient (Wildman–Crippen LogP) is 6.48. The minimum Gasteiger partial charge on any atom is -0.352 e. The largest absolute Gasteiger partial charge is 0.352 e. The Morgan fingerprint density at radius 2 is 1.57 bits per heavy atom. The summed E-state index contributed by atoms with van der Waals surface area (Å²) in [5.74, 6) is -0.921. The van der Waals surface area contributed by atoms with Crippen molar-refractivity contribution in [3.63, 3.8) is 0 Å². The number of aryl methyl sites for hydroxylation is 1. The number of nitrogens with one attached hydrogen (secondary N) is 1. The van der Waals surface area contributed by atoms with E-state index in [0.717, 1.165) is 9.87 Å². The highest BCUT2D eigenvalue weighted by Gasteiger charge is 2.34. The van der Waals surface area contributed by atoms with E-state index in [0.29, 0.717) is 27.1 Å². The molecule has 0 aromatic heterocycles. The van der Waals surface area contributed by atoms with Crippen molar-refractivity contribution in [3.8, 4) is 0 Å². The molecule has 11 heteroatoms. The summed E-state index contributed by atoms with van der Waals surface area (Å²) < 4.78 is 28.7. The van der Waals surface area contributed by atoms with Crippen LogP contribution in [0.3, 0.4) is 0 Å². The Kier molecular flexibility index (Phi) is 10.9. The molecule has 40 heavy (non-hydrogen) atoms. The van der Waals surface area contributed by atoms with Gasteiger partial charge in [-0.2, -0.15) is 0 Å². The third kappa shape index (κ3) is 7.69. The minimum atomic E-state index is -4.18. The monoisotopic (exact) mass is 623 g/mol. The van der Waals surface area contributed by atoms with Crippen LogP contribution in [0, 0.1) is 6.92 Å². The van der Waals surface area contributed by atoms with E-state index >= 15 is 0 Å². The molecule has 2 amide bonds. The molecule has 0 spiro atoms. The number of carbonyl (C=O) groups is 2. The standard InChI is InChI=1S/C29H32Cl3N3O4S/c1-5-27(29(37)33-19(2)3)34(17-21-12-14-24(30)26(32)15-21)28(36)18-35(22-13-11-20(4)25(31)16-22)40(38,39)23-9-7-6-8-10-23/h6-16,19,27H,5,17-18H2,1-4H3,(H,33,37)/t27-/m0/s1. The van der Waals surface area contributed by atoms with Crippen LogP contribution in [0.15, 0.2) is 71.6 Å². The third-order valence-corrected chi connectivity index (χ3v) is 9.14. The first kappa shape index (κ1) is 31.7. The molecule has 0 bridgehead atoms. The molecule has 214 valence electrons. The highest BCUT2D eigenvalue weighted by atomic mass is 35.5. The Bertz CT molecular complexity index is 1470. The number of amides is 2. The quantitative estimate of drug-likeness (QED) is 0.265. The third-order valence-electron chi connectivity index (χ3n) is 6.21. The second kappa shape index (κ2) is 13.7. The number of carbonyl (C=O) groups excluding carboxylic acids is 2. The number of rotatable bonds is 11. The summed E-state index contributed by atoms with van der Waals surface area (Å²) in [6, 6.07) is 16.5. The van der Waals surface area contributed by atoms with Gasteiger partial charge in [0.15, 0.2) is 0 Å². The summed E-state index contributed by atoms with van der Waals surface area (Å²) in [7, 11) is -4.18. The van der Waals surface area contributed by atoms with Crippen LogP contribution >= 0.6 is 34.8 Å². The topological polar surface area (TPSA) is 86.8 Å². The summed E-state index contributed by atoms with van der Waals surface area (Å²) in [5.41, 5.74) is 1.61. The zero-order valence-corrected chi connectivity index (χ0v) is 25.8. The molecule has 0 aliphatic heterocycles. The Morgan fingerprint density at radius 1 is 0.900 bits per heavy atom. The molecule has 3 rings (SSSR count). The summed E-state index contributed by atoms with van der Waals surface area (Å²) in [4.78, 5) is 28.6. The fourth-order valence-corrected chi connectivity index (χ4v) is 6.04. The van der Waals surface area contributed by atoms with Gasteiger partial charge in [0.1, 0.15) is 12.6 Å². The Hall–Kier alpha value is -2.78. The van der Waals surface area contributed by atoms with Gasteiger partial charge in [0.25, 0.3) is 10.0 Å².